The van der Waals surface area contributed by atoms with Crippen LogP contribution in [0.15, 0.2) is 48.5 Å². The highest BCUT2D eigenvalue weighted by molar-refractivity contribution is 5.20. The normalized spacial score (nSPS) is 12.4. The lowest BCUT2D eigenvalue weighted by Gasteiger charge is -2.14. The molecule has 0 saturated heterocycles. The summed E-state index contributed by atoms with van der Waals surface area (Å²) in [5.74, 6) is -1.18. The summed E-state index contributed by atoms with van der Waals surface area (Å²) in [6.45, 7) is 2.17. The van der Waals surface area contributed by atoms with Crippen LogP contribution in [0.5, 0.6) is 0 Å². The minimum absolute atomic E-state index is 0.297. The number of benzene rings is 2. The van der Waals surface area contributed by atoms with E-state index in [9.17, 15) is 8.78 Å². The van der Waals surface area contributed by atoms with E-state index in [0.717, 1.165) is 11.6 Å². The van der Waals surface area contributed by atoms with Gasteiger partial charge in [-0.1, -0.05) is 30.3 Å². The van der Waals surface area contributed by atoms with Crippen LogP contribution in [0.3, 0.4) is 0 Å². The SMILES string of the molecule is CC(NOCc1ccccc1)c1cc(F)cc(F)c1. The van der Waals surface area contributed by atoms with Gasteiger partial charge in [0.2, 0.25) is 0 Å². The van der Waals surface area contributed by atoms with Gasteiger partial charge in [-0.2, -0.15) is 5.48 Å². The average molecular weight is 263 g/mol. The van der Waals surface area contributed by atoms with E-state index >= 15 is 0 Å². The zero-order valence-electron chi connectivity index (χ0n) is 10.6. The van der Waals surface area contributed by atoms with Crippen molar-refractivity contribution < 1.29 is 13.6 Å². The second-order valence-corrected chi connectivity index (χ2v) is 4.32. The van der Waals surface area contributed by atoms with Gasteiger partial charge < -0.3 is 0 Å². The third-order valence-corrected chi connectivity index (χ3v) is 2.73. The van der Waals surface area contributed by atoms with Crippen LogP contribution < -0.4 is 5.48 Å². The van der Waals surface area contributed by atoms with E-state index in [0.29, 0.717) is 12.2 Å². The molecule has 2 nitrogen and oxygen atoms in total. The van der Waals surface area contributed by atoms with Crippen molar-refractivity contribution in [2.45, 2.75) is 19.6 Å². The standard InChI is InChI=1S/C15H15F2NO/c1-11(13-7-14(16)9-15(17)8-13)18-19-10-12-5-3-2-4-6-12/h2-9,11,18H,10H2,1H3. The Hall–Kier alpha value is -1.78. The number of halogens is 2. The summed E-state index contributed by atoms with van der Waals surface area (Å²) in [7, 11) is 0. The van der Waals surface area contributed by atoms with Crippen molar-refractivity contribution in [3.63, 3.8) is 0 Å². The van der Waals surface area contributed by atoms with Crippen LogP contribution in [0, 0.1) is 11.6 Å². The fraction of sp³-hybridized carbons (Fsp3) is 0.200. The van der Waals surface area contributed by atoms with E-state index in [-0.39, 0.29) is 6.04 Å². The van der Waals surface area contributed by atoms with Crippen LogP contribution in [0.1, 0.15) is 24.1 Å². The molecule has 1 N–H and O–H groups in total. The molecular formula is C15H15F2NO. The summed E-state index contributed by atoms with van der Waals surface area (Å²) in [5, 5.41) is 0. The molecule has 1 unspecified atom stereocenters. The molecule has 100 valence electrons. The molecule has 4 heteroatoms. The molecule has 19 heavy (non-hydrogen) atoms. The summed E-state index contributed by atoms with van der Waals surface area (Å²) >= 11 is 0. The average Bonchev–Trinajstić information content (AvgIpc) is 2.38. The quantitative estimate of drug-likeness (QED) is 0.829. The number of hydrogen-bond acceptors (Lipinski definition) is 2. The van der Waals surface area contributed by atoms with E-state index in [1.165, 1.54) is 12.1 Å². The minimum Gasteiger partial charge on any atom is -0.296 e. The number of nitrogens with one attached hydrogen (secondary N) is 1. The maximum absolute atomic E-state index is 13.1. The van der Waals surface area contributed by atoms with Gasteiger partial charge in [0.1, 0.15) is 11.6 Å². The molecule has 0 aliphatic carbocycles. The van der Waals surface area contributed by atoms with Gasteiger partial charge in [0.25, 0.3) is 0 Å². The van der Waals surface area contributed by atoms with Crippen molar-refractivity contribution in [2.24, 2.45) is 0 Å². The Bertz CT molecular complexity index is 511. The van der Waals surface area contributed by atoms with Crippen LogP contribution in [0.25, 0.3) is 0 Å². The monoisotopic (exact) mass is 263 g/mol. The molecule has 2 aromatic carbocycles. The summed E-state index contributed by atoms with van der Waals surface area (Å²) < 4.78 is 26.1. The Morgan fingerprint density at radius 2 is 1.68 bits per heavy atom. The van der Waals surface area contributed by atoms with E-state index in [4.69, 9.17) is 4.84 Å². The lowest BCUT2D eigenvalue weighted by molar-refractivity contribution is 0.00687. The van der Waals surface area contributed by atoms with E-state index in [1.54, 1.807) is 6.92 Å². The van der Waals surface area contributed by atoms with Crippen molar-refractivity contribution in [1.82, 2.24) is 5.48 Å². The first-order chi connectivity index (χ1) is 9.15. The highest BCUT2D eigenvalue weighted by Gasteiger charge is 2.08. The predicted octanol–water partition coefficient (Wildman–Crippen LogP) is 3.75. The summed E-state index contributed by atoms with van der Waals surface area (Å²) in [4.78, 5) is 5.32. The van der Waals surface area contributed by atoms with Crippen LogP contribution in [0.4, 0.5) is 8.78 Å². The van der Waals surface area contributed by atoms with Gasteiger partial charge >= 0.3 is 0 Å². The molecule has 0 aliphatic rings. The molecule has 0 spiro atoms. The smallest absolute Gasteiger partial charge is 0.126 e. The molecule has 0 radical (unpaired) electrons. The van der Waals surface area contributed by atoms with E-state index in [1.807, 2.05) is 30.3 Å². The summed E-state index contributed by atoms with van der Waals surface area (Å²) in [6.07, 6.45) is 0. The van der Waals surface area contributed by atoms with E-state index < -0.39 is 11.6 Å². The van der Waals surface area contributed by atoms with Crippen LogP contribution in [-0.2, 0) is 11.4 Å². The van der Waals surface area contributed by atoms with E-state index in [2.05, 4.69) is 5.48 Å². The molecule has 1 atom stereocenters. The third kappa shape index (κ3) is 4.12. The Kier molecular flexibility index (Phi) is 4.60. The lowest BCUT2D eigenvalue weighted by Crippen LogP contribution is -2.19. The summed E-state index contributed by atoms with van der Waals surface area (Å²) in [5.41, 5.74) is 4.29. The Balaban J connectivity index is 1.89. The second kappa shape index (κ2) is 6.41. The van der Waals surface area contributed by atoms with Crippen molar-refractivity contribution in [1.29, 1.82) is 0 Å². The molecule has 0 heterocycles. The maximum atomic E-state index is 13.1. The van der Waals surface area contributed by atoms with Gasteiger partial charge in [0.05, 0.1) is 12.6 Å². The Labute approximate surface area is 111 Å². The van der Waals surface area contributed by atoms with Gasteiger partial charge in [-0.05, 0) is 30.2 Å². The van der Waals surface area contributed by atoms with Gasteiger partial charge in [-0.3, -0.25) is 4.84 Å². The van der Waals surface area contributed by atoms with Gasteiger partial charge in [0.15, 0.2) is 0 Å². The fourth-order valence-corrected chi connectivity index (χ4v) is 1.72. The largest absolute Gasteiger partial charge is 0.296 e. The molecule has 0 saturated carbocycles. The molecule has 0 aliphatic heterocycles. The highest BCUT2D eigenvalue weighted by Crippen LogP contribution is 2.16. The first kappa shape index (κ1) is 13.6. The molecule has 2 rings (SSSR count). The van der Waals surface area contributed by atoms with Crippen LogP contribution >= 0.6 is 0 Å². The third-order valence-electron chi connectivity index (χ3n) is 2.73. The number of rotatable bonds is 5. The van der Waals surface area contributed by atoms with Crippen molar-refractivity contribution in [3.05, 3.63) is 71.3 Å². The summed E-state index contributed by atoms with van der Waals surface area (Å²) in [6, 6.07) is 12.8. The topological polar surface area (TPSA) is 21.3 Å². The van der Waals surface area contributed by atoms with Gasteiger partial charge in [-0.25, -0.2) is 8.78 Å². The molecule has 0 aromatic heterocycles. The molecule has 0 bridgehead atoms. The Morgan fingerprint density at radius 3 is 2.32 bits per heavy atom. The number of hydroxylamine groups is 1. The molecule has 2 aromatic rings. The Morgan fingerprint density at radius 1 is 1.05 bits per heavy atom. The maximum Gasteiger partial charge on any atom is 0.126 e. The minimum atomic E-state index is -0.591. The predicted molar refractivity (Wildman–Crippen MR) is 69.1 cm³/mol. The second-order valence-electron chi connectivity index (χ2n) is 4.32. The first-order valence-electron chi connectivity index (χ1n) is 6.02. The first-order valence-corrected chi connectivity index (χ1v) is 6.02. The van der Waals surface area contributed by atoms with Crippen LogP contribution in [-0.4, -0.2) is 0 Å². The fourth-order valence-electron chi connectivity index (χ4n) is 1.72. The molecule has 0 fully saturated rings. The highest BCUT2D eigenvalue weighted by atomic mass is 19.1. The zero-order valence-corrected chi connectivity index (χ0v) is 10.6. The lowest BCUT2D eigenvalue weighted by atomic mass is 10.1. The number of hydrogen-bond donors (Lipinski definition) is 1. The molecule has 0 amide bonds. The van der Waals surface area contributed by atoms with Crippen molar-refractivity contribution >= 4 is 0 Å². The van der Waals surface area contributed by atoms with Crippen molar-refractivity contribution in [3.8, 4) is 0 Å². The van der Waals surface area contributed by atoms with Crippen molar-refractivity contribution in [2.75, 3.05) is 0 Å². The van der Waals surface area contributed by atoms with Gasteiger partial charge in [0, 0.05) is 6.07 Å². The molecular weight excluding hydrogens is 248 g/mol. The van der Waals surface area contributed by atoms with Crippen LogP contribution in [0.2, 0.25) is 0 Å². The zero-order chi connectivity index (χ0) is 13.7. The van der Waals surface area contributed by atoms with Gasteiger partial charge in [-0.15, -0.1) is 0 Å².